The van der Waals surface area contributed by atoms with Crippen LogP contribution >= 0.6 is 24.0 Å². The van der Waals surface area contributed by atoms with E-state index in [2.05, 4.69) is 29.0 Å². The first-order chi connectivity index (χ1) is 8.81. The van der Waals surface area contributed by atoms with E-state index < -0.39 is 0 Å². The lowest BCUT2D eigenvalue weighted by Gasteiger charge is -2.41. The van der Waals surface area contributed by atoms with Crippen molar-refractivity contribution in [3.05, 3.63) is 21.9 Å². The minimum Gasteiger partial charge on any atom is -0.298 e. The first-order valence-corrected chi connectivity index (χ1v) is 8.71. The molecule has 1 aromatic heterocycles. The molecule has 1 saturated carbocycles. The maximum atomic E-state index is 4.67. The third-order valence-electron chi connectivity index (χ3n) is 4.70. The largest absolute Gasteiger partial charge is 0.298 e. The van der Waals surface area contributed by atoms with Gasteiger partial charge in [0.2, 0.25) is 0 Å². The molecule has 0 radical (unpaired) electrons. The molecule has 0 unspecified atom stereocenters. The minimum atomic E-state index is 0.509. The SMILES string of the molecule is SCC1(CN2CCc3sccc3C2)CCCCC1. The van der Waals surface area contributed by atoms with Crippen molar-refractivity contribution < 1.29 is 0 Å². The Hall–Kier alpha value is 0.0100. The van der Waals surface area contributed by atoms with Gasteiger partial charge in [-0.3, -0.25) is 4.90 Å². The fraction of sp³-hybridized carbons (Fsp3) is 0.733. The maximum Gasteiger partial charge on any atom is 0.0245 e. The molecule has 0 atom stereocenters. The summed E-state index contributed by atoms with van der Waals surface area (Å²) in [6.45, 7) is 3.70. The molecule has 3 rings (SSSR count). The summed E-state index contributed by atoms with van der Waals surface area (Å²) >= 11 is 6.60. The second-order valence-corrected chi connectivity index (χ2v) is 7.37. The standard InChI is InChI=1S/C15H23NS2/c17-12-15(6-2-1-3-7-15)11-16-8-4-14-13(10-16)5-9-18-14/h5,9,17H,1-4,6-8,10-12H2. The van der Waals surface area contributed by atoms with Gasteiger partial charge >= 0.3 is 0 Å². The molecule has 1 fully saturated rings. The normalized spacial score (nSPS) is 23.8. The molecule has 0 amide bonds. The predicted molar refractivity (Wildman–Crippen MR) is 82.7 cm³/mol. The summed E-state index contributed by atoms with van der Waals surface area (Å²) in [6, 6.07) is 2.32. The van der Waals surface area contributed by atoms with Gasteiger partial charge in [-0.15, -0.1) is 11.3 Å². The van der Waals surface area contributed by atoms with Crippen molar-refractivity contribution in [2.24, 2.45) is 5.41 Å². The second-order valence-electron chi connectivity index (χ2n) is 6.05. The molecule has 0 bridgehead atoms. The Morgan fingerprint density at radius 1 is 1.28 bits per heavy atom. The minimum absolute atomic E-state index is 0.509. The molecule has 1 nitrogen and oxygen atoms in total. The van der Waals surface area contributed by atoms with E-state index in [1.54, 1.807) is 10.4 Å². The van der Waals surface area contributed by atoms with Crippen LogP contribution in [-0.4, -0.2) is 23.7 Å². The van der Waals surface area contributed by atoms with Crippen molar-refractivity contribution >= 4 is 24.0 Å². The zero-order valence-corrected chi connectivity index (χ0v) is 12.7. The van der Waals surface area contributed by atoms with Gasteiger partial charge in [0.25, 0.3) is 0 Å². The molecule has 2 heterocycles. The highest BCUT2D eigenvalue weighted by atomic mass is 32.1. The molecule has 1 aliphatic heterocycles. The van der Waals surface area contributed by atoms with E-state index in [1.165, 1.54) is 58.2 Å². The third-order valence-corrected chi connectivity index (χ3v) is 6.39. The topological polar surface area (TPSA) is 3.24 Å². The monoisotopic (exact) mass is 281 g/mol. The fourth-order valence-electron chi connectivity index (χ4n) is 3.58. The first kappa shape index (κ1) is 13.0. The third kappa shape index (κ3) is 2.63. The summed E-state index contributed by atoms with van der Waals surface area (Å²) in [6.07, 6.45) is 8.31. The van der Waals surface area contributed by atoms with Crippen molar-refractivity contribution in [3.63, 3.8) is 0 Å². The zero-order chi connectivity index (χ0) is 12.4. The highest BCUT2D eigenvalue weighted by molar-refractivity contribution is 7.80. The molecule has 18 heavy (non-hydrogen) atoms. The van der Waals surface area contributed by atoms with Crippen LogP contribution in [0.4, 0.5) is 0 Å². The first-order valence-electron chi connectivity index (χ1n) is 7.20. The average Bonchev–Trinajstić information content (AvgIpc) is 2.87. The van der Waals surface area contributed by atoms with Gasteiger partial charge < -0.3 is 0 Å². The fourth-order valence-corrected chi connectivity index (χ4v) is 4.89. The highest BCUT2D eigenvalue weighted by Crippen LogP contribution is 2.39. The molecule has 1 aromatic rings. The van der Waals surface area contributed by atoms with Crippen molar-refractivity contribution in [2.75, 3.05) is 18.8 Å². The van der Waals surface area contributed by atoms with Crippen LogP contribution in [0.5, 0.6) is 0 Å². The van der Waals surface area contributed by atoms with Crippen LogP contribution in [-0.2, 0) is 13.0 Å². The Labute approximate surface area is 120 Å². The zero-order valence-electron chi connectivity index (χ0n) is 11.0. The van der Waals surface area contributed by atoms with E-state index in [-0.39, 0.29) is 0 Å². The predicted octanol–water partition coefficient (Wildman–Crippen LogP) is 3.99. The van der Waals surface area contributed by atoms with E-state index in [1.807, 2.05) is 11.3 Å². The number of fused-ring (bicyclic) bond motifs is 1. The van der Waals surface area contributed by atoms with Crippen molar-refractivity contribution in [1.29, 1.82) is 0 Å². The smallest absolute Gasteiger partial charge is 0.0245 e. The number of thiophene rings is 1. The molecule has 0 saturated heterocycles. The lowest BCUT2D eigenvalue weighted by molar-refractivity contribution is 0.117. The molecular weight excluding hydrogens is 258 g/mol. The summed E-state index contributed by atoms with van der Waals surface area (Å²) in [4.78, 5) is 4.30. The molecule has 100 valence electrons. The number of rotatable bonds is 3. The molecular formula is C15H23NS2. The number of nitrogens with zero attached hydrogens (tertiary/aromatic N) is 1. The van der Waals surface area contributed by atoms with Crippen LogP contribution in [0.15, 0.2) is 11.4 Å². The molecule has 0 spiro atoms. The van der Waals surface area contributed by atoms with Gasteiger partial charge in [0.1, 0.15) is 0 Å². The van der Waals surface area contributed by atoms with Gasteiger partial charge in [0.05, 0.1) is 0 Å². The van der Waals surface area contributed by atoms with Gasteiger partial charge in [0.15, 0.2) is 0 Å². The Morgan fingerprint density at radius 3 is 2.89 bits per heavy atom. The lowest BCUT2D eigenvalue weighted by Crippen LogP contribution is -2.42. The summed E-state index contributed by atoms with van der Waals surface area (Å²) in [5.41, 5.74) is 2.09. The van der Waals surface area contributed by atoms with Crippen molar-refractivity contribution in [3.8, 4) is 0 Å². The number of hydrogen-bond acceptors (Lipinski definition) is 3. The quantitative estimate of drug-likeness (QED) is 0.820. The van der Waals surface area contributed by atoms with E-state index in [9.17, 15) is 0 Å². The van der Waals surface area contributed by atoms with Crippen LogP contribution in [0.3, 0.4) is 0 Å². The maximum absolute atomic E-state index is 4.67. The van der Waals surface area contributed by atoms with E-state index in [0.717, 1.165) is 5.75 Å². The number of thiol groups is 1. The molecule has 3 heteroatoms. The van der Waals surface area contributed by atoms with Gasteiger partial charge in [-0.25, -0.2) is 0 Å². The van der Waals surface area contributed by atoms with Crippen LogP contribution in [0.2, 0.25) is 0 Å². The average molecular weight is 281 g/mol. The summed E-state index contributed by atoms with van der Waals surface area (Å²) in [5.74, 6) is 1.07. The van der Waals surface area contributed by atoms with Gasteiger partial charge in [0, 0.05) is 24.5 Å². The van der Waals surface area contributed by atoms with E-state index in [0.29, 0.717) is 5.41 Å². The molecule has 1 aliphatic carbocycles. The highest BCUT2D eigenvalue weighted by Gasteiger charge is 2.33. The van der Waals surface area contributed by atoms with Gasteiger partial charge in [-0.2, -0.15) is 12.6 Å². The van der Waals surface area contributed by atoms with Crippen LogP contribution in [0.1, 0.15) is 42.5 Å². The van der Waals surface area contributed by atoms with Gasteiger partial charge in [-0.05, 0) is 47.4 Å². The van der Waals surface area contributed by atoms with Crippen LogP contribution in [0, 0.1) is 5.41 Å². The Morgan fingerprint density at radius 2 is 2.11 bits per heavy atom. The van der Waals surface area contributed by atoms with E-state index >= 15 is 0 Å². The Balaban J connectivity index is 1.66. The van der Waals surface area contributed by atoms with Crippen molar-refractivity contribution in [2.45, 2.75) is 45.1 Å². The Kier molecular flexibility index (Phi) is 4.02. The Bertz CT molecular complexity index is 393. The number of hydrogen-bond donors (Lipinski definition) is 1. The van der Waals surface area contributed by atoms with Gasteiger partial charge in [-0.1, -0.05) is 19.3 Å². The molecule has 2 aliphatic rings. The molecule has 0 N–H and O–H groups in total. The molecule has 0 aromatic carbocycles. The lowest BCUT2D eigenvalue weighted by atomic mass is 9.75. The summed E-state index contributed by atoms with van der Waals surface area (Å²) in [5, 5.41) is 2.25. The van der Waals surface area contributed by atoms with Crippen LogP contribution < -0.4 is 0 Å². The summed E-state index contributed by atoms with van der Waals surface area (Å²) in [7, 11) is 0. The van der Waals surface area contributed by atoms with E-state index in [4.69, 9.17) is 0 Å². The summed E-state index contributed by atoms with van der Waals surface area (Å²) < 4.78 is 0. The van der Waals surface area contributed by atoms with Crippen LogP contribution in [0.25, 0.3) is 0 Å². The second kappa shape index (κ2) is 5.56. The van der Waals surface area contributed by atoms with Crippen molar-refractivity contribution in [1.82, 2.24) is 4.90 Å².